The monoisotopic (exact) mass is 479 g/mol. The van der Waals surface area contributed by atoms with Crippen LogP contribution in [0.1, 0.15) is 35.0 Å². The van der Waals surface area contributed by atoms with Crippen molar-refractivity contribution in [2.75, 3.05) is 24.4 Å². The summed E-state index contributed by atoms with van der Waals surface area (Å²) in [7, 11) is -3.71. The van der Waals surface area contributed by atoms with Crippen molar-refractivity contribution in [2.24, 2.45) is 0 Å². The Morgan fingerprint density at radius 3 is 2.48 bits per heavy atom. The molecule has 1 aliphatic rings. The molecule has 1 unspecified atom stereocenters. The number of halogens is 1. The van der Waals surface area contributed by atoms with Gasteiger partial charge in [-0.15, -0.1) is 11.3 Å². The molecular formula is C21H22ClN3O4S2. The van der Waals surface area contributed by atoms with Crippen molar-refractivity contribution in [3.8, 4) is 0 Å². The van der Waals surface area contributed by atoms with Crippen LogP contribution >= 0.6 is 22.9 Å². The van der Waals surface area contributed by atoms with Gasteiger partial charge in [0.25, 0.3) is 15.9 Å². The molecule has 1 atom stereocenters. The summed E-state index contributed by atoms with van der Waals surface area (Å²) in [6.07, 6.45) is 3.92. The van der Waals surface area contributed by atoms with Gasteiger partial charge in [-0.05, 0) is 74.5 Å². The Balaban J connectivity index is 1.39. The molecule has 10 heteroatoms. The molecule has 2 aromatic heterocycles. The van der Waals surface area contributed by atoms with E-state index in [4.69, 9.17) is 16.0 Å². The molecule has 1 aromatic carbocycles. The van der Waals surface area contributed by atoms with Crippen molar-refractivity contribution in [3.63, 3.8) is 0 Å². The van der Waals surface area contributed by atoms with Gasteiger partial charge in [-0.3, -0.25) is 14.4 Å². The number of thiophene rings is 1. The van der Waals surface area contributed by atoms with E-state index in [2.05, 4.69) is 14.9 Å². The summed E-state index contributed by atoms with van der Waals surface area (Å²) in [4.78, 5) is 15.0. The third-order valence-corrected chi connectivity index (χ3v) is 8.23. The standard InChI is InChI=1S/C21H22ClN3O4S2/c22-19-9-10-20(30-19)31(27,28)24-16-7-5-15(6-8-16)21(26)23-14-17(18-4-3-13-29-18)25-11-1-2-12-25/h3-10,13,17,24H,1-2,11-12,14H2,(H,23,26). The number of sulfonamides is 1. The van der Waals surface area contributed by atoms with Crippen LogP contribution in [0.4, 0.5) is 5.69 Å². The second-order valence-corrected chi connectivity index (χ2v) is 10.9. The van der Waals surface area contributed by atoms with Crippen LogP contribution in [-0.2, 0) is 10.0 Å². The first kappa shape index (κ1) is 21.9. The molecule has 164 valence electrons. The molecule has 0 radical (unpaired) electrons. The van der Waals surface area contributed by atoms with Gasteiger partial charge < -0.3 is 9.73 Å². The molecular weight excluding hydrogens is 458 g/mol. The molecule has 1 saturated heterocycles. The van der Waals surface area contributed by atoms with E-state index in [0.29, 0.717) is 22.1 Å². The maximum atomic E-state index is 12.6. The number of anilines is 1. The average molecular weight is 480 g/mol. The van der Waals surface area contributed by atoms with E-state index in [1.165, 1.54) is 12.1 Å². The predicted molar refractivity (Wildman–Crippen MR) is 121 cm³/mol. The highest BCUT2D eigenvalue weighted by molar-refractivity contribution is 7.94. The average Bonchev–Trinajstić information content (AvgIpc) is 3.52. The molecule has 7 nitrogen and oxygen atoms in total. The normalized spacial score (nSPS) is 15.6. The minimum atomic E-state index is -3.71. The van der Waals surface area contributed by atoms with Crippen LogP contribution in [0.3, 0.4) is 0 Å². The van der Waals surface area contributed by atoms with Crippen LogP contribution in [0.2, 0.25) is 4.34 Å². The van der Waals surface area contributed by atoms with Crippen molar-refractivity contribution in [3.05, 3.63) is 70.5 Å². The molecule has 2 N–H and O–H groups in total. The van der Waals surface area contributed by atoms with Crippen molar-refractivity contribution < 1.29 is 17.6 Å². The van der Waals surface area contributed by atoms with E-state index < -0.39 is 10.0 Å². The van der Waals surface area contributed by atoms with E-state index in [0.717, 1.165) is 43.0 Å². The second-order valence-electron chi connectivity index (χ2n) is 7.23. The summed E-state index contributed by atoms with van der Waals surface area (Å²) in [5.41, 5.74) is 0.813. The van der Waals surface area contributed by atoms with Crippen LogP contribution in [0.5, 0.6) is 0 Å². The quantitative estimate of drug-likeness (QED) is 0.500. The van der Waals surface area contributed by atoms with Gasteiger partial charge >= 0.3 is 0 Å². The zero-order valence-electron chi connectivity index (χ0n) is 16.6. The van der Waals surface area contributed by atoms with Crippen LogP contribution < -0.4 is 10.0 Å². The fourth-order valence-corrected chi connectivity index (χ4v) is 6.11. The fourth-order valence-electron chi connectivity index (χ4n) is 3.57. The lowest BCUT2D eigenvalue weighted by Crippen LogP contribution is -2.36. The lowest BCUT2D eigenvalue weighted by Gasteiger charge is -2.26. The number of hydrogen-bond donors (Lipinski definition) is 2. The molecule has 3 heterocycles. The highest BCUT2D eigenvalue weighted by atomic mass is 35.5. The molecule has 0 saturated carbocycles. The molecule has 1 amide bonds. The van der Waals surface area contributed by atoms with Crippen LogP contribution in [0.25, 0.3) is 0 Å². The third kappa shape index (κ3) is 5.30. The Labute approximate surface area is 190 Å². The first-order valence-corrected chi connectivity index (χ1v) is 12.5. The fraction of sp³-hybridized carbons (Fsp3) is 0.286. The van der Waals surface area contributed by atoms with Gasteiger partial charge in [-0.25, -0.2) is 8.42 Å². The number of hydrogen-bond acceptors (Lipinski definition) is 6. The van der Waals surface area contributed by atoms with Crippen molar-refractivity contribution in [1.29, 1.82) is 0 Å². The Hall–Kier alpha value is -2.33. The number of nitrogens with one attached hydrogen (secondary N) is 2. The number of amides is 1. The molecule has 0 bridgehead atoms. The van der Waals surface area contributed by atoms with Crippen molar-refractivity contribution >= 4 is 44.6 Å². The minimum Gasteiger partial charge on any atom is -0.468 e. The summed E-state index contributed by atoms with van der Waals surface area (Å²) in [6, 6.07) is 13.1. The number of furan rings is 1. The van der Waals surface area contributed by atoms with Gasteiger partial charge in [0, 0.05) is 17.8 Å². The van der Waals surface area contributed by atoms with E-state index in [1.54, 1.807) is 30.5 Å². The SMILES string of the molecule is O=C(NCC(c1ccco1)N1CCCC1)c1ccc(NS(=O)(=O)c2ccc(Cl)s2)cc1. The summed E-state index contributed by atoms with van der Waals surface area (Å²) in [6.45, 7) is 2.39. The second kappa shape index (κ2) is 9.44. The molecule has 4 rings (SSSR count). The zero-order valence-corrected chi connectivity index (χ0v) is 19.0. The number of nitrogens with zero attached hydrogens (tertiary/aromatic N) is 1. The highest BCUT2D eigenvalue weighted by Crippen LogP contribution is 2.27. The topological polar surface area (TPSA) is 91.7 Å². The molecule has 0 spiro atoms. The smallest absolute Gasteiger partial charge is 0.271 e. The van der Waals surface area contributed by atoms with Gasteiger partial charge in [-0.1, -0.05) is 11.6 Å². The molecule has 31 heavy (non-hydrogen) atoms. The minimum absolute atomic E-state index is 0.00912. The van der Waals surface area contributed by atoms with Crippen LogP contribution in [0, 0.1) is 0 Å². The lowest BCUT2D eigenvalue weighted by molar-refractivity contribution is 0.0934. The van der Waals surface area contributed by atoms with Gasteiger partial charge in [0.15, 0.2) is 0 Å². The van der Waals surface area contributed by atoms with Gasteiger partial charge in [0.2, 0.25) is 0 Å². The first-order valence-electron chi connectivity index (χ1n) is 9.86. The van der Waals surface area contributed by atoms with Crippen LogP contribution in [-0.4, -0.2) is 38.9 Å². The Morgan fingerprint density at radius 1 is 1.13 bits per heavy atom. The number of likely N-dealkylation sites (tertiary alicyclic amines) is 1. The summed E-state index contributed by atoms with van der Waals surface area (Å²) in [5, 5.41) is 2.97. The van der Waals surface area contributed by atoms with Gasteiger partial charge in [-0.2, -0.15) is 0 Å². The largest absolute Gasteiger partial charge is 0.468 e. The molecule has 0 aliphatic carbocycles. The summed E-state index contributed by atoms with van der Waals surface area (Å²) >= 11 is 6.80. The van der Waals surface area contributed by atoms with E-state index in [9.17, 15) is 13.2 Å². The lowest BCUT2D eigenvalue weighted by atomic mass is 10.1. The van der Waals surface area contributed by atoms with E-state index in [-0.39, 0.29) is 16.2 Å². The predicted octanol–water partition coefficient (Wildman–Crippen LogP) is 4.36. The summed E-state index contributed by atoms with van der Waals surface area (Å²) in [5.74, 6) is 0.607. The van der Waals surface area contributed by atoms with E-state index >= 15 is 0 Å². The maximum absolute atomic E-state index is 12.6. The molecule has 1 fully saturated rings. The number of benzene rings is 1. The Bertz CT molecular complexity index is 1120. The molecule has 1 aliphatic heterocycles. The maximum Gasteiger partial charge on any atom is 0.271 e. The Kier molecular flexibility index (Phi) is 6.66. The number of carbonyl (C=O) groups is 1. The van der Waals surface area contributed by atoms with Crippen LogP contribution in [0.15, 0.2) is 63.4 Å². The zero-order chi connectivity index (χ0) is 21.8. The van der Waals surface area contributed by atoms with Gasteiger partial charge in [0.1, 0.15) is 9.97 Å². The summed E-state index contributed by atoms with van der Waals surface area (Å²) < 4.78 is 33.4. The highest BCUT2D eigenvalue weighted by Gasteiger charge is 2.26. The number of rotatable bonds is 8. The van der Waals surface area contributed by atoms with Gasteiger partial charge in [0.05, 0.1) is 16.6 Å². The number of carbonyl (C=O) groups excluding carboxylic acids is 1. The van der Waals surface area contributed by atoms with Crippen molar-refractivity contribution in [1.82, 2.24) is 10.2 Å². The third-order valence-electron chi connectivity index (χ3n) is 5.12. The first-order chi connectivity index (χ1) is 14.9. The molecule has 3 aromatic rings. The Morgan fingerprint density at radius 2 is 1.87 bits per heavy atom. The van der Waals surface area contributed by atoms with Crippen molar-refractivity contribution in [2.45, 2.75) is 23.1 Å². The van der Waals surface area contributed by atoms with E-state index in [1.807, 2.05) is 12.1 Å².